The standard InChI is InChI=1S/C33H34N2/c1-31(2,3)19-7-11-23-24-12-8-20(32(4,5)6)16-28(24)33(27(23)15-19)29-17-21(34)9-13-25(29)26-14-10-22(35)18-30(26)33/h7-18H,34-35H2,1-6H3. The predicted molar refractivity (Wildman–Crippen MR) is 149 cm³/mol. The Hall–Kier alpha value is -3.52. The molecule has 4 aromatic rings. The number of benzene rings is 4. The van der Waals surface area contributed by atoms with Crippen LogP contribution in [0.2, 0.25) is 0 Å². The summed E-state index contributed by atoms with van der Waals surface area (Å²) in [6, 6.07) is 26.9. The van der Waals surface area contributed by atoms with E-state index in [4.69, 9.17) is 11.5 Å². The van der Waals surface area contributed by atoms with Gasteiger partial charge in [-0.25, -0.2) is 0 Å². The number of anilines is 2. The van der Waals surface area contributed by atoms with Crippen LogP contribution in [0.5, 0.6) is 0 Å². The molecule has 1 spiro atoms. The molecule has 0 saturated heterocycles. The molecule has 0 radical (unpaired) electrons. The zero-order valence-corrected chi connectivity index (χ0v) is 21.6. The molecule has 0 saturated carbocycles. The number of hydrogen-bond acceptors (Lipinski definition) is 2. The number of rotatable bonds is 0. The van der Waals surface area contributed by atoms with E-state index in [2.05, 4.69) is 102 Å². The molecule has 2 aliphatic carbocycles. The molecule has 2 aliphatic rings. The summed E-state index contributed by atoms with van der Waals surface area (Å²) in [6.07, 6.45) is 0. The van der Waals surface area contributed by atoms with Gasteiger partial charge in [-0.3, -0.25) is 0 Å². The SMILES string of the molecule is CC(C)(C)c1ccc2c(c1)C1(c3cc(N)ccc3-c3ccc(N)cc31)c1cc(C(C)(C)C)ccc1-2. The van der Waals surface area contributed by atoms with Crippen LogP contribution in [0.25, 0.3) is 22.3 Å². The first kappa shape index (κ1) is 22.0. The summed E-state index contributed by atoms with van der Waals surface area (Å²) in [5.41, 5.74) is 27.1. The smallest absolute Gasteiger partial charge is 0.0727 e. The summed E-state index contributed by atoms with van der Waals surface area (Å²) in [5.74, 6) is 0. The highest BCUT2D eigenvalue weighted by Gasteiger charge is 2.52. The lowest BCUT2D eigenvalue weighted by Crippen LogP contribution is -2.27. The van der Waals surface area contributed by atoms with E-state index in [0.717, 1.165) is 11.4 Å². The van der Waals surface area contributed by atoms with Gasteiger partial charge in [0.15, 0.2) is 0 Å². The molecule has 2 nitrogen and oxygen atoms in total. The van der Waals surface area contributed by atoms with Crippen molar-refractivity contribution in [3.63, 3.8) is 0 Å². The fourth-order valence-electron chi connectivity index (χ4n) is 6.20. The van der Waals surface area contributed by atoms with Crippen LogP contribution in [0.15, 0.2) is 72.8 Å². The predicted octanol–water partition coefficient (Wildman–Crippen LogP) is 7.79. The van der Waals surface area contributed by atoms with Crippen molar-refractivity contribution >= 4 is 11.4 Å². The quantitative estimate of drug-likeness (QED) is 0.228. The zero-order chi connectivity index (χ0) is 24.9. The lowest BCUT2D eigenvalue weighted by molar-refractivity contribution is 0.586. The van der Waals surface area contributed by atoms with Crippen LogP contribution in [0.4, 0.5) is 11.4 Å². The summed E-state index contributed by atoms with van der Waals surface area (Å²) >= 11 is 0. The van der Waals surface area contributed by atoms with E-state index in [9.17, 15) is 0 Å². The second-order valence-electron chi connectivity index (χ2n) is 12.4. The molecule has 0 aromatic heterocycles. The third-order valence-electron chi connectivity index (χ3n) is 8.05. The van der Waals surface area contributed by atoms with Gasteiger partial charge in [0.2, 0.25) is 0 Å². The molecule has 0 fully saturated rings. The van der Waals surface area contributed by atoms with Gasteiger partial charge < -0.3 is 11.5 Å². The average molecular weight is 459 g/mol. The Labute approximate surface area is 209 Å². The molecule has 0 heterocycles. The zero-order valence-electron chi connectivity index (χ0n) is 21.6. The van der Waals surface area contributed by atoms with Crippen molar-refractivity contribution in [2.24, 2.45) is 0 Å². The van der Waals surface area contributed by atoms with E-state index in [1.165, 1.54) is 55.6 Å². The van der Waals surface area contributed by atoms with E-state index in [0.29, 0.717) is 0 Å². The van der Waals surface area contributed by atoms with Gasteiger partial charge in [-0.2, -0.15) is 0 Å². The molecule has 0 amide bonds. The minimum atomic E-state index is -0.442. The molecule has 0 bridgehead atoms. The van der Waals surface area contributed by atoms with Gasteiger partial charge in [-0.15, -0.1) is 0 Å². The highest BCUT2D eigenvalue weighted by atomic mass is 14.6. The Morgan fingerprint density at radius 1 is 0.457 bits per heavy atom. The first-order valence-corrected chi connectivity index (χ1v) is 12.5. The van der Waals surface area contributed by atoms with Crippen LogP contribution >= 0.6 is 0 Å². The van der Waals surface area contributed by atoms with Crippen molar-refractivity contribution in [1.82, 2.24) is 0 Å². The monoisotopic (exact) mass is 458 g/mol. The van der Waals surface area contributed by atoms with E-state index < -0.39 is 5.41 Å². The van der Waals surface area contributed by atoms with Gasteiger partial charge in [0.1, 0.15) is 0 Å². The van der Waals surface area contributed by atoms with Crippen LogP contribution in [0, 0.1) is 0 Å². The maximum Gasteiger partial charge on any atom is 0.0727 e. The first-order chi connectivity index (χ1) is 16.4. The molecule has 0 atom stereocenters. The molecule has 6 rings (SSSR count). The van der Waals surface area contributed by atoms with Gasteiger partial charge in [0.05, 0.1) is 5.41 Å². The van der Waals surface area contributed by atoms with Crippen LogP contribution in [0.3, 0.4) is 0 Å². The number of hydrogen-bond donors (Lipinski definition) is 2. The van der Waals surface area contributed by atoms with Crippen molar-refractivity contribution in [3.8, 4) is 22.3 Å². The molecular weight excluding hydrogens is 424 g/mol. The van der Waals surface area contributed by atoms with Crippen LogP contribution in [-0.2, 0) is 16.2 Å². The van der Waals surface area contributed by atoms with Crippen molar-refractivity contribution in [2.75, 3.05) is 11.5 Å². The Morgan fingerprint density at radius 3 is 1.11 bits per heavy atom. The Kier molecular flexibility index (Phi) is 4.26. The number of fused-ring (bicyclic) bond motifs is 10. The third-order valence-corrected chi connectivity index (χ3v) is 8.05. The van der Waals surface area contributed by atoms with E-state index in [1.54, 1.807) is 0 Å². The van der Waals surface area contributed by atoms with Crippen molar-refractivity contribution < 1.29 is 0 Å². The lowest BCUT2D eigenvalue weighted by Gasteiger charge is -2.33. The molecule has 4 N–H and O–H groups in total. The summed E-state index contributed by atoms with van der Waals surface area (Å²) in [4.78, 5) is 0. The van der Waals surface area contributed by atoms with Crippen LogP contribution < -0.4 is 11.5 Å². The topological polar surface area (TPSA) is 52.0 Å². The minimum Gasteiger partial charge on any atom is -0.399 e. The van der Waals surface area contributed by atoms with Crippen LogP contribution in [-0.4, -0.2) is 0 Å². The van der Waals surface area contributed by atoms with Gasteiger partial charge >= 0.3 is 0 Å². The van der Waals surface area contributed by atoms with E-state index >= 15 is 0 Å². The highest BCUT2D eigenvalue weighted by Crippen LogP contribution is 2.63. The van der Waals surface area contributed by atoms with Crippen molar-refractivity contribution in [1.29, 1.82) is 0 Å². The summed E-state index contributed by atoms with van der Waals surface area (Å²) < 4.78 is 0. The second-order valence-corrected chi connectivity index (χ2v) is 12.4. The molecule has 2 heteroatoms. The molecule has 0 aliphatic heterocycles. The van der Waals surface area contributed by atoms with Crippen molar-refractivity contribution in [3.05, 3.63) is 106 Å². The Bertz CT molecular complexity index is 1410. The minimum absolute atomic E-state index is 0.0389. The van der Waals surface area contributed by atoms with E-state index in [1.807, 2.05) is 12.1 Å². The Morgan fingerprint density at radius 2 is 0.771 bits per heavy atom. The maximum absolute atomic E-state index is 6.46. The second kappa shape index (κ2) is 6.79. The summed E-state index contributed by atoms with van der Waals surface area (Å²) in [5, 5.41) is 0. The fraction of sp³-hybridized carbons (Fsp3) is 0.273. The van der Waals surface area contributed by atoms with E-state index in [-0.39, 0.29) is 10.8 Å². The van der Waals surface area contributed by atoms with Crippen LogP contribution in [0.1, 0.15) is 74.9 Å². The molecule has 0 unspecified atom stereocenters. The van der Waals surface area contributed by atoms with Gasteiger partial charge in [-0.1, -0.05) is 90.1 Å². The first-order valence-electron chi connectivity index (χ1n) is 12.5. The highest BCUT2D eigenvalue weighted by molar-refractivity contribution is 5.96. The molecule has 4 aromatic carbocycles. The van der Waals surface area contributed by atoms with Gasteiger partial charge in [-0.05, 0) is 90.7 Å². The number of nitrogen functional groups attached to an aromatic ring is 2. The summed E-state index contributed by atoms with van der Waals surface area (Å²) in [7, 11) is 0. The number of nitrogens with two attached hydrogens (primary N) is 2. The summed E-state index contributed by atoms with van der Waals surface area (Å²) in [6.45, 7) is 13.7. The normalized spacial score (nSPS) is 15.0. The molecular formula is C33H34N2. The largest absolute Gasteiger partial charge is 0.399 e. The third kappa shape index (κ3) is 2.89. The average Bonchev–Trinajstić information content (AvgIpc) is 3.23. The van der Waals surface area contributed by atoms with Crippen molar-refractivity contribution in [2.45, 2.75) is 57.8 Å². The Balaban J connectivity index is 1.83. The molecule has 176 valence electrons. The maximum atomic E-state index is 6.46. The fourth-order valence-corrected chi connectivity index (χ4v) is 6.20. The lowest BCUT2D eigenvalue weighted by atomic mass is 9.68. The van der Waals surface area contributed by atoms with Gasteiger partial charge in [0, 0.05) is 11.4 Å². The molecule has 35 heavy (non-hydrogen) atoms. The van der Waals surface area contributed by atoms with Gasteiger partial charge in [0.25, 0.3) is 0 Å².